The number of Topliss-reactive ketones (excluding diaryl/α,β-unsaturated/α-hetero) is 1. The van der Waals surface area contributed by atoms with Gasteiger partial charge in [-0.1, -0.05) is 12.1 Å². The van der Waals surface area contributed by atoms with Crippen molar-refractivity contribution in [1.29, 1.82) is 0 Å². The number of imidazole rings is 1. The third-order valence-electron chi connectivity index (χ3n) is 4.34. The molecule has 23 heavy (non-hydrogen) atoms. The van der Waals surface area contributed by atoms with Crippen molar-refractivity contribution in [3.63, 3.8) is 0 Å². The van der Waals surface area contributed by atoms with E-state index >= 15 is 0 Å². The summed E-state index contributed by atoms with van der Waals surface area (Å²) in [5, 5.41) is 0. The van der Waals surface area contributed by atoms with Gasteiger partial charge in [-0.25, -0.2) is 9.66 Å². The van der Waals surface area contributed by atoms with Gasteiger partial charge in [0, 0.05) is 17.7 Å². The van der Waals surface area contributed by atoms with Crippen molar-refractivity contribution in [1.82, 2.24) is 14.6 Å². The van der Waals surface area contributed by atoms with Gasteiger partial charge in [-0.15, -0.1) is 0 Å². The highest BCUT2D eigenvalue weighted by Gasteiger charge is 2.26. The van der Waals surface area contributed by atoms with Crippen LogP contribution in [0.15, 0.2) is 30.6 Å². The van der Waals surface area contributed by atoms with Gasteiger partial charge in [0.15, 0.2) is 5.78 Å². The Morgan fingerprint density at radius 1 is 1.30 bits per heavy atom. The van der Waals surface area contributed by atoms with Gasteiger partial charge >= 0.3 is 0 Å². The van der Waals surface area contributed by atoms with Gasteiger partial charge in [0.2, 0.25) is 0 Å². The Balaban J connectivity index is 1.69. The second-order valence-corrected chi connectivity index (χ2v) is 5.80. The van der Waals surface area contributed by atoms with E-state index in [9.17, 15) is 9.59 Å². The summed E-state index contributed by atoms with van der Waals surface area (Å²) in [6.07, 6.45) is 3.77. The lowest BCUT2D eigenvalue weighted by atomic mass is 9.94. The Morgan fingerprint density at radius 3 is 2.96 bits per heavy atom. The van der Waals surface area contributed by atoms with Gasteiger partial charge in [0.05, 0.1) is 11.0 Å². The third-order valence-corrected chi connectivity index (χ3v) is 4.34. The van der Waals surface area contributed by atoms with E-state index in [0.717, 1.165) is 35.1 Å². The van der Waals surface area contributed by atoms with Gasteiger partial charge in [-0.2, -0.15) is 0 Å². The number of fused-ring (bicyclic) bond motifs is 2. The van der Waals surface area contributed by atoms with Crippen LogP contribution >= 0.6 is 0 Å². The zero-order chi connectivity index (χ0) is 16.0. The minimum Gasteiger partial charge on any atom is -0.354 e. The van der Waals surface area contributed by atoms with Crippen LogP contribution in [0.4, 0.5) is 0 Å². The Labute approximate surface area is 132 Å². The highest BCUT2D eigenvalue weighted by Crippen LogP contribution is 2.26. The molecule has 116 valence electrons. The van der Waals surface area contributed by atoms with E-state index in [4.69, 9.17) is 0 Å². The zero-order valence-electron chi connectivity index (χ0n) is 12.7. The predicted molar refractivity (Wildman–Crippen MR) is 86.2 cm³/mol. The number of aryl methyl sites for hydroxylation is 1. The van der Waals surface area contributed by atoms with Crippen molar-refractivity contribution < 1.29 is 9.59 Å². The van der Waals surface area contributed by atoms with Crippen molar-refractivity contribution >= 4 is 22.7 Å². The molecule has 0 radical (unpaired) electrons. The van der Waals surface area contributed by atoms with Gasteiger partial charge in [0.25, 0.3) is 5.91 Å². The number of carbonyl (C=O) groups excluding carboxylic acids is 2. The fourth-order valence-electron chi connectivity index (χ4n) is 3.21. The van der Waals surface area contributed by atoms with Crippen LogP contribution in [0.1, 0.15) is 44.9 Å². The standard InChI is InChI=1S/C17H16N4O2/c1-10-15-12(6-4-8-14(15)22)19-16(10)17(23)20-21-9-18-11-5-2-3-7-13(11)21/h2-3,5,7,9,19H,4,6,8H2,1H3,(H,20,23). The second kappa shape index (κ2) is 5.08. The molecule has 1 aliphatic carbocycles. The maximum absolute atomic E-state index is 12.6. The van der Waals surface area contributed by atoms with Crippen LogP contribution in [-0.4, -0.2) is 26.3 Å². The number of benzene rings is 1. The van der Waals surface area contributed by atoms with Gasteiger partial charge in [0.1, 0.15) is 12.0 Å². The molecule has 0 spiro atoms. The van der Waals surface area contributed by atoms with Gasteiger partial charge in [-0.3, -0.25) is 15.0 Å². The molecule has 0 fully saturated rings. The largest absolute Gasteiger partial charge is 0.354 e. The van der Waals surface area contributed by atoms with Crippen LogP contribution in [0.5, 0.6) is 0 Å². The number of amides is 1. The summed E-state index contributed by atoms with van der Waals surface area (Å²) < 4.78 is 1.60. The van der Waals surface area contributed by atoms with Gasteiger partial charge in [-0.05, 0) is 37.5 Å². The summed E-state index contributed by atoms with van der Waals surface area (Å²) in [7, 11) is 0. The molecule has 2 N–H and O–H groups in total. The summed E-state index contributed by atoms with van der Waals surface area (Å²) in [5.41, 5.74) is 7.20. The predicted octanol–water partition coefficient (Wildman–Crippen LogP) is 2.58. The van der Waals surface area contributed by atoms with Crippen LogP contribution in [0, 0.1) is 6.92 Å². The monoisotopic (exact) mass is 308 g/mol. The number of aromatic amines is 1. The first-order chi connectivity index (χ1) is 11.1. The molecule has 0 atom stereocenters. The Hall–Kier alpha value is -2.89. The number of nitrogens with zero attached hydrogens (tertiary/aromatic N) is 2. The van der Waals surface area contributed by atoms with Crippen LogP contribution in [0.3, 0.4) is 0 Å². The lowest BCUT2D eigenvalue weighted by Crippen LogP contribution is -2.23. The topological polar surface area (TPSA) is 79.8 Å². The third kappa shape index (κ3) is 2.14. The molecule has 6 heteroatoms. The van der Waals surface area contributed by atoms with E-state index in [2.05, 4.69) is 15.4 Å². The quantitative estimate of drug-likeness (QED) is 0.763. The van der Waals surface area contributed by atoms with E-state index in [1.54, 1.807) is 11.0 Å². The van der Waals surface area contributed by atoms with Crippen LogP contribution in [0.2, 0.25) is 0 Å². The highest BCUT2D eigenvalue weighted by molar-refractivity contribution is 6.06. The van der Waals surface area contributed by atoms with Crippen LogP contribution < -0.4 is 5.43 Å². The molecule has 0 saturated carbocycles. The molecule has 1 amide bonds. The molecule has 0 bridgehead atoms. The maximum Gasteiger partial charge on any atom is 0.286 e. The number of rotatable bonds is 2. The second-order valence-electron chi connectivity index (χ2n) is 5.80. The number of para-hydroxylation sites is 2. The number of hydrogen-bond donors (Lipinski definition) is 2. The minimum absolute atomic E-state index is 0.118. The molecule has 1 aromatic carbocycles. The average Bonchev–Trinajstić information content (AvgIpc) is 3.10. The first kappa shape index (κ1) is 13.8. The molecule has 4 rings (SSSR count). The van der Waals surface area contributed by atoms with Crippen molar-refractivity contribution in [2.24, 2.45) is 0 Å². The zero-order valence-corrected chi connectivity index (χ0v) is 12.7. The lowest BCUT2D eigenvalue weighted by molar-refractivity contribution is 0.0971. The van der Waals surface area contributed by atoms with Crippen molar-refractivity contribution in [3.8, 4) is 0 Å². The number of H-pyrrole nitrogens is 1. The fourth-order valence-corrected chi connectivity index (χ4v) is 3.21. The van der Waals surface area contributed by atoms with Crippen LogP contribution in [-0.2, 0) is 6.42 Å². The van der Waals surface area contributed by atoms with Gasteiger partial charge < -0.3 is 4.98 Å². The molecule has 2 heterocycles. The number of ketones is 1. The molecule has 0 saturated heterocycles. The number of carbonyl (C=O) groups is 2. The Bertz CT molecular complexity index is 935. The lowest BCUT2D eigenvalue weighted by Gasteiger charge is -2.09. The molecule has 2 aromatic heterocycles. The number of nitrogens with one attached hydrogen (secondary N) is 2. The summed E-state index contributed by atoms with van der Waals surface area (Å²) in [4.78, 5) is 32.0. The molecular weight excluding hydrogens is 292 g/mol. The van der Waals surface area contributed by atoms with E-state index < -0.39 is 0 Å². The molecule has 1 aliphatic rings. The van der Waals surface area contributed by atoms with E-state index in [1.807, 2.05) is 31.2 Å². The molecule has 6 nitrogen and oxygen atoms in total. The molecular formula is C17H16N4O2. The summed E-state index contributed by atoms with van der Waals surface area (Å²) in [6.45, 7) is 1.82. The normalized spacial score (nSPS) is 14.0. The summed E-state index contributed by atoms with van der Waals surface area (Å²) in [6, 6.07) is 7.56. The first-order valence-electron chi connectivity index (χ1n) is 7.63. The van der Waals surface area contributed by atoms with Crippen molar-refractivity contribution in [2.75, 3.05) is 5.43 Å². The van der Waals surface area contributed by atoms with Crippen molar-refractivity contribution in [2.45, 2.75) is 26.2 Å². The van der Waals surface area contributed by atoms with Crippen LogP contribution in [0.25, 0.3) is 11.0 Å². The minimum atomic E-state index is -0.271. The highest BCUT2D eigenvalue weighted by atomic mass is 16.2. The average molecular weight is 308 g/mol. The maximum atomic E-state index is 12.6. The molecule has 0 unspecified atom stereocenters. The van der Waals surface area contributed by atoms with Crippen molar-refractivity contribution in [3.05, 3.63) is 53.1 Å². The SMILES string of the molecule is Cc1c(C(=O)Nn2cnc3ccccc32)[nH]c2c1C(=O)CCC2. The van der Waals surface area contributed by atoms with E-state index in [1.165, 1.54) is 0 Å². The summed E-state index contributed by atoms with van der Waals surface area (Å²) in [5.74, 6) is -0.153. The van der Waals surface area contributed by atoms with E-state index in [-0.39, 0.29) is 11.7 Å². The Kier molecular flexibility index (Phi) is 3.04. The van der Waals surface area contributed by atoms with E-state index in [0.29, 0.717) is 17.7 Å². The fraction of sp³-hybridized carbons (Fsp3) is 0.235. The number of aromatic nitrogens is 3. The Morgan fingerprint density at radius 2 is 2.13 bits per heavy atom. The first-order valence-corrected chi connectivity index (χ1v) is 7.63. The molecule has 0 aliphatic heterocycles. The summed E-state index contributed by atoms with van der Waals surface area (Å²) >= 11 is 0. The number of hydrogen-bond acceptors (Lipinski definition) is 3. The smallest absolute Gasteiger partial charge is 0.286 e. The molecule has 3 aromatic rings.